The van der Waals surface area contributed by atoms with Crippen molar-refractivity contribution in [2.75, 3.05) is 7.11 Å². The molecule has 0 aliphatic heterocycles. The monoisotopic (exact) mass is 442 g/mol. The maximum Gasteiger partial charge on any atom is 0.316 e. The summed E-state index contributed by atoms with van der Waals surface area (Å²) in [4.78, 5) is 25.3. The van der Waals surface area contributed by atoms with Gasteiger partial charge in [-0.25, -0.2) is 0 Å². The number of carbonyl (C=O) groups excluding carboxylic acids is 2. The Morgan fingerprint density at radius 2 is 1.78 bits per heavy atom. The van der Waals surface area contributed by atoms with Gasteiger partial charge >= 0.3 is 5.97 Å². The SMILES string of the molecule is COC(=O)[C@@H]1C(=O)CC[C@]2(C)[C@H]3CC[C@]4(C)[C@@H]([C@H](C)CCCC(C)C)CC[C@H]4C3=CC[C@@H]12. The number of hydrogen-bond donors (Lipinski definition) is 0. The Morgan fingerprint density at radius 1 is 1.06 bits per heavy atom. The van der Waals surface area contributed by atoms with Crippen molar-refractivity contribution in [2.24, 2.45) is 52.3 Å². The molecule has 32 heavy (non-hydrogen) atoms. The molecule has 8 atom stereocenters. The number of rotatable bonds is 6. The van der Waals surface area contributed by atoms with Crippen molar-refractivity contribution in [1.29, 1.82) is 0 Å². The van der Waals surface area contributed by atoms with Crippen LogP contribution < -0.4 is 0 Å². The second kappa shape index (κ2) is 8.91. The zero-order valence-corrected chi connectivity index (χ0v) is 21.4. The molecule has 4 aliphatic carbocycles. The lowest BCUT2D eigenvalue weighted by molar-refractivity contribution is -0.160. The van der Waals surface area contributed by atoms with Crippen LogP contribution >= 0.6 is 0 Å². The smallest absolute Gasteiger partial charge is 0.316 e. The van der Waals surface area contributed by atoms with Gasteiger partial charge in [-0.1, -0.05) is 65.5 Å². The van der Waals surface area contributed by atoms with E-state index in [0.717, 1.165) is 30.6 Å². The summed E-state index contributed by atoms with van der Waals surface area (Å²) < 4.78 is 5.08. The van der Waals surface area contributed by atoms with E-state index in [1.165, 1.54) is 52.1 Å². The first-order valence-electron chi connectivity index (χ1n) is 13.4. The number of fused-ring (bicyclic) bond motifs is 5. The first kappa shape index (κ1) is 24.0. The first-order valence-corrected chi connectivity index (χ1v) is 13.4. The number of allylic oxidation sites excluding steroid dienone is 2. The second-order valence-corrected chi connectivity index (χ2v) is 12.7. The average Bonchev–Trinajstić information content (AvgIpc) is 3.10. The number of ketones is 1. The number of hydrogen-bond acceptors (Lipinski definition) is 3. The van der Waals surface area contributed by atoms with Crippen LogP contribution in [0.3, 0.4) is 0 Å². The molecule has 180 valence electrons. The number of carbonyl (C=O) groups is 2. The summed E-state index contributed by atoms with van der Waals surface area (Å²) in [5.74, 6) is 3.05. The van der Waals surface area contributed by atoms with Gasteiger partial charge in [-0.2, -0.15) is 0 Å². The van der Waals surface area contributed by atoms with Gasteiger partial charge in [0.2, 0.25) is 0 Å². The molecule has 3 nitrogen and oxygen atoms in total. The van der Waals surface area contributed by atoms with E-state index >= 15 is 0 Å². The highest BCUT2D eigenvalue weighted by molar-refractivity contribution is 6.00. The van der Waals surface area contributed by atoms with Gasteiger partial charge in [-0.3, -0.25) is 9.59 Å². The highest BCUT2D eigenvalue weighted by Gasteiger charge is 2.60. The van der Waals surface area contributed by atoms with Crippen molar-refractivity contribution >= 4 is 11.8 Å². The molecule has 0 N–H and O–H groups in total. The van der Waals surface area contributed by atoms with Crippen LogP contribution in [0.1, 0.15) is 98.8 Å². The quantitative estimate of drug-likeness (QED) is 0.253. The van der Waals surface area contributed by atoms with E-state index < -0.39 is 5.92 Å². The van der Waals surface area contributed by atoms with Crippen LogP contribution in [0.25, 0.3) is 0 Å². The van der Waals surface area contributed by atoms with Crippen LogP contribution in [0.4, 0.5) is 0 Å². The van der Waals surface area contributed by atoms with Crippen LogP contribution in [0, 0.1) is 52.3 Å². The Labute approximate surface area is 196 Å². The van der Waals surface area contributed by atoms with E-state index in [-0.39, 0.29) is 23.1 Å². The molecule has 3 saturated carbocycles. The Balaban J connectivity index is 1.56. The summed E-state index contributed by atoms with van der Waals surface area (Å²) in [6, 6.07) is 0. The fourth-order valence-corrected chi connectivity index (χ4v) is 8.88. The fraction of sp³-hybridized carbons (Fsp3) is 0.862. The largest absolute Gasteiger partial charge is 0.468 e. The third-order valence-electron chi connectivity index (χ3n) is 10.7. The molecule has 3 fully saturated rings. The van der Waals surface area contributed by atoms with Crippen molar-refractivity contribution < 1.29 is 14.3 Å². The van der Waals surface area contributed by atoms with Crippen molar-refractivity contribution in [3.8, 4) is 0 Å². The van der Waals surface area contributed by atoms with Gasteiger partial charge in [0.25, 0.3) is 0 Å². The van der Waals surface area contributed by atoms with Crippen LogP contribution in [-0.4, -0.2) is 18.9 Å². The molecule has 3 heteroatoms. The summed E-state index contributed by atoms with van der Waals surface area (Å²) in [6.07, 6.45) is 14.1. The molecule has 0 spiro atoms. The lowest BCUT2D eigenvalue weighted by Crippen LogP contribution is -2.54. The highest BCUT2D eigenvalue weighted by Crippen LogP contribution is 2.67. The van der Waals surface area contributed by atoms with Gasteiger partial charge < -0.3 is 4.74 Å². The molecule has 0 amide bonds. The van der Waals surface area contributed by atoms with Crippen LogP contribution in [0.15, 0.2) is 11.6 Å². The van der Waals surface area contributed by atoms with E-state index in [1.54, 1.807) is 5.57 Å². The number of esters is 1. The molecule has 0 aromatic carbocycles. The Morgan fingerprint density at radius 3 is 2.47 bits per heavy atom. The minimum Gasteiger partial charge on any atom is -0.468 e. The maximum absolute atomic E-state index is 12.7. The third kappa shape index (κ3) is 3.80. The van der Waals surface area contributed by atoms with Crippen LogP contribution in [0.2, 0.25) is 0 Å². The molecule has 0 aromatic rings. The van der Waals surface area contributed by atoms with Crippen molar-refractivity contribution in [3.63, 3.8) is 0 Å². The van der Waals surface area contributed by atoms with Gasteiger partial charge in [0.15, 0.2) is 0 Å². The number of Topliss-reactive ketones (excluding diaryl/α,β-unsaturated/α-hetero) is 1. The second-order valence-electron chi connectivity index (χ2n) is 12.7. The molecule has 0 aromatic heterocycles. The zero-order chi connectivity index (χ0) is 23.3. The topological polar surface area (TPSA) is 43.4 Å². The minimum absolute atomic E-state index is 0.0547. The van der Waals surface area contributed by atoms with Crippen LogP contribution in [0.5, 0.6) is 0 Å². The fourth-order valence-electron chi connectivity index (χ4n) is 8.88. The van der Waals surface area contributed by atoms with E-state index in [2.05, 4.69) is 40.7 Å². The van der Waals surface area contributed by atoms with Gasteiger partial charge in [0, 0.05) is 6.42 Å². The van der Waals surface area contributed by atoms with Crippen molar-refractivity contribution in [3.05, 3.63) is 11.6 Å². The van der Waals surface area contributed by atoms with E-state index in [4.69, 9.17) is 4.74 Å². The molecule has 0 heterocycles. The summed E-state index contributed by atoms with van der Waals surface area (Å²) in [5, 5.41) is 0. The first-order chi connectivity index (χ1) is 15.1. The summed E-state index contributed by atoms with van der Waals surface area (Å²) in [7, 11) is 1.43. The summed E-state index contributed by atoms with van der Waals surface area (Å²) in [6.45, 7) is 12.2. The lowest BCUT2D eigenvalue weighted by Gasteiger charge is -2.58. The van der Waals surface area contributed by atoms with Crippen LogP contribution in [-0.2, 0) is 14.3 Å². The van der Waals surface area contributed by atoms with E-state index in [1.807, 2.05) is 0 Å². The maximum atomic E-state index is 12.7. The Kier molecular flexibility index (Phi) is 6.69. The Bertz CT molecular complexity index is 758. The molecule has 0 radical (unpaired) electrons. The molecular formula is C29H46O3. The molecule has 4 aliphatic rings. The number of methoxy groups -OCH3 is 1. The minimum atomic E-state index is -0.554. The average molecular weight is 443 g/mol. The van der Waals surface area contributed by atoms with Gasteiger partial charge in [-0.05, 0) is 84.9 Å². The molecule has 0 saturated heterocycles. The van der Waals surface area contributed by atoms with Gasteiger partial charge in [0.05, 0.1) is 7.11 Å². The summed E-state index contributed by atoms with van der Waals surface area (Å²) >= 11 is 0. The van der Waals surface area contributed by atoms with E-state index in [0.29, 0.717) is 23.7 Å². The zero-order valence-electron chi connectivity index (χ0n) is 21.4. The lowest BCUT2D eigenvalue weighted by atomic mass is 9.46. The third-order valence-corrected chi connectivity index (χ3v) is 10.7. The van der Waals surface area contributed by atoms with Crippen molar-refractivity contribution in [2.45, 2.75) is 98.8 Å². The van der Waals surface area contributed by atoms with Gasteiger partial charge in [0.1, 0.15) is 11.7 Å². The highest BCUT2D eigenvalue weighted by atomic mass is 16.5. The van der Waals surface area contributed by atoms with Crippen molar-refractivity contribution in [1.82, 2.24) is 0 Å². The standard InChI is InChI=1S/C29H46O3/c1-18(2)8-7-9-19(3)21-12-13-22-20-10-11-24-26(27(31)32-6)25(30)15-17-29(24,5)23(20)14-16-28(21,22)4/h10,18-19,21-24,26H,7-9,11-17H2,1-6H3/t19-,21-,22+,23+,24+,26+,28-,29-/m1/s1. The molecule has 0 unspecified atom stereocenters. The Hall–Kier alpha value is -1.12. The predicted molar refractivity (Wildman–Crippen MR) is 129 cm³/mol. The molecule has 0 bridgehead atoms. The molecule has 4 rings (SSSR count). The predicted octanol–water partition coefficient (Wildman–Crippen LogP) is 7.00. The number of ether oxygens (including phenoxy) is 1. The normalized spacial score (nSPS) is 42.0. The van der Waals surface area contributed by atoms with E-state index in [9.17, 15) is 9.59 Å². The van der Waals surface area contributed by atoms with Gasteiger partial charge in [-0.15, -0.1) is 0 Å². The molecular weight excluding hydrogens is 396 g/mol. The summed E-state index contributed by atoms with van der Waals surface area (Å²) in [5.41, 5.74) is 2.18.